The van der Waals surface area contributed by atoms with Crippen LogP contribution >= 0.6 is 11.6 Å². The molecule has 1 aromatic rings. The average Bonchev–Trinajstić information content (AvgIpc) is 2.85. The van der Waals surface area contributed by atoms with Gasteiger partial charge in [0, 0.05) is 13.7 Å². The number of rotatable bonds is 3. The maximum absolute atomic E-state index is 12.4. The molecule has 0 amide bonds. The first kappa shape index (κ1) is 13.6. The highest BCUT2D eigenvalue weighted by atomic mass is 35.5. The van der Waals surface area contributed by atoms with E-state index in [1.807, 2.05) is 0 Å². The molecule has 1 aliphatic heterocycles. The smallest absolute Gasteiger partial charge is 0.243 e. The molecule has 0 aliphatic carbocycles. The van der Waals surface area contributed by atoms with Gasteiger partial charge in [-0.2, -0.15) is 4.31 Å². The van der Waals surface area contributed by atoms with Crippen LogP contribution in [0.25, 0.3) is 0 Å². The largest absolute Gasteiger partial charge is 0.398 e. The van der Waals surface area contributed by atoms with Gasteiger partial charge in [0.2, 0.25) is 10.0 Å². The second kappa shape index (κ2) is 5.05. The minimum absolute atomic E-state index is 0.119. The highest BCUT2D eigenvalue weighted by molar-refractivity contribution is 7.89. The molecule has 5 nitrogen and oxygen atoms in total. The Morgan fingerprint density at radius 2 is 2.22 bits per heavy atom. The van der Waals surface area contributed by atoms with Gasteiger partial charge in [0.25, 0.3) is 0 Å². The minimum Gasteiger partial charge on any atom is -0.398 e. The molecule has 0 spiro atoms. The number of likely N-dealkylation sites (N-methyl/N-ethyl adjacent to an activating group) is 1. The fourth-order valence-electron chi connectivity index (χ4n) is 1.84. The summed E-state index contributed by atoms with van der Waals surface area (Å²) in [5.74, 6) is 0. The van der Waals surface area contributed by atoms with Gasteiger partial charge in [-0.05, 0) is 24.6 Å². The number of nitrogen functional groups attached to an aromatic ring is 1. The van der Waals surface area contributed by atoms with E-state index in [0.717, 1.165) is 0 Å². The summed E-state index contributed by atoms with van der Waals surface area (Å²) in [6.07, 6.45) is 0.707. The molecule has 1 heterocycles. The van der Waals surface area contributed by atoms with Crippen LogP contribution in [0.5, 0.6) is 0 Å². The second-order valence-electron chi connectivity index (χ2n) is 4.22. The van der Waals surface area contributed by atoms with Gasteiger partial charge in [0.1, 0.15) is 0 Å². The predicted molar refractivity (Wildman–Crippen MR) is 70.0 cm³/mol. The quantitative estimate of drug-likeness (QED) is 0.853. The Hall–Kier alpha value is -0.820. The zero-order valence-corrected chi connectivity index (χ0v) is 11.5. The van der Waals surface area contributed by atoms with Crippen LogP contribution in [0.4, 0.5) is 5.69 Å². The summed E-state index contributed by atoms with van der Waals surface area (Å²) < 4.78 is 31.2. The fraction of sp³-hybridized carbons (Fsp3) is 0.455. The number of sulfonamides is 1. The maximum Gasteiger partial charge on any atom is 0.243 e. The van der Waals surface area contributed by atoms with Gasteiger partial charge < -0.3 is 10.5 Å². The molecule has 0 bridgehead atoms. The number of hydrogen-bond acceptors (Lipinski definition) is 4. The molecule has 0 aromatic heterocycles. The summed E-state index contributed by atoms with van der Waals surface area (Å²) in [4.78, 5) is 0.149. The van der Waals surface area contributed by atoms with Gasteiger partial charge in [-0.15, -0.1) is 0 Å². The lowest BCUT2D eigenvalue weighted by molar-refractivity contribution is 0.181. The first-order valence-corrected chi connectivity index (χ1v) is 7.35. The monoisotopic (exact) mass is 290 g/mol. The molecule has 1 atom stereocenters. The zero-order chi connectivity index (χ0) is 13.3. The van der Waals surface area contributed by atoms with Crippen LogP contribution in [-0.4, -0.2) is 39.0 Å². The second-order valence-corrected chi connectivity index (χ2v) is 6.63. The van der Waals surface area contributed by atoms with E-state index in [0.29, 0.717) is 25.3 Å². The van der Waals surface area contributed by atoms with Crippen molar-refractivity contribution >= 4 is 27.3 Å². The minimum atomic E-state index is -3.55. The predicted octanol–water partition coefficient (Wildman–Crippen LogP) is 1.33. The van der Waals surface area contributed by atoms with Crippen LogP contribution < -0.4 is 5.73 Å². The zero-order valence-electron chi connectivity index (χ0n) is 9.97. The molecule has 0 radical (unpaired) electrons. The van der Waals surface area contributed by atoms with Crippen LogP contribution in [0.15, 0.2) is 23.1 Å². The number of nitrogens with two attached hydrogens (primary N) is 1. The van der Waals surface area contributed by atoms with E-state index in [2.05, 4.69) is 0 Å². The summed E-state index contributed by atoms with van der Waals surface area (Å²) in [5.41, 5.74) is 5.93. The number of benzene rings is 1. The first-order valence-electron chi connectivity index (χ1n) is 5.53. The van der Waals surface area contributed by atoms with E-state index in [1.54, 1.807) is 7.05 Å². The van der Waals surface area contributed by atoms with Crippen LogP contribution in [0, 0.1) is 0 Å². The SMILES string of the molecule is CN(C1CCOC1)S(=O)(=O)c1ccc(N)c(Cl)c1. The Bertz CT molecular complexity index is 541. The van der Waals surface area contributed by atoms with Crippen molar-refractivity contribution < 1.29 is 13.2 Å². The lowest BCUT2D eigenvalue weighted by Crippen LogP contribution is -2.37. The van der Waals surface area contributed by atoms with E-state index in [-0.39, 0.29) is 16.0 Å². The van der Waals surface area contributed by atoms with Gasteiger partial charge in [0.15, 0.2) is 0 Å². The molecule has 2 rings (SSSR count). The molecular formula is C11H15ClN2O3S. The third-order valence-electron chi connectivity index (χ3n) is 3.07. The molecule has 1 saturated heterocycles. The Labute approximate surface area is 112 Å². The van der Waals surface area contributed by atoms with E-state index in [9.17, 15) is 8.42 Å². The Morgan fingerprint density at radius 3 is 2.78 bits per heavy atom. The molecule has 1 unspecified atom stereocenters. The van der Waals surface area contributed by atoms with Crippen molar-refractivity contribution in [1.82, 2.24) is 4.31 Å². The lowest BCUT2D eigenvalue weighted by atomic mass is 10.3. The molecule has 1 fully saturated rings. The van der Waals surface area contributed by atoms with Crippen LogP contribution in [0.1, 0.15) is 6.42 Å². The highest BCUT2D eigenvalue weighted by Gasteiger charge is 2.30. The van der Waals surface area contributed by atoms with Crippen molar-refractivity contribution in [2.75, 3.05) is 26.0 Å². The van der Waals surface area contributed by atoms with Crippen molar-refractivity contribution in [2.24, 2.45) is 0 Å². The molecule has 1 aliphatic rings. The summed E-state index contributed by atoms with van der Waals surface area (Å²) in [6.45, 7) is 1.02. The Balaban J connectivity index is 2.32. The van der Waals surface area contributed by atoms with Crippen LogP contribution in [0.2, 0.25) is 5.02 Å². The van der Waals surface area contributed by atoms with E-state index < -0.39 is 10.0 Å². The van der Waals surface area contributed by atoms with Gasteiger partial charge in [0.05, 0.1) is 28.3 Å². The van der Waals surface area contributed by atoms with Gasteiger partial charge >= 0.3 is 0 Å². The fourth-order valence-corrected chi connectivity index (χ4v) is 3.48. The van der Waals surface area contributed by atoms with Crippen molar-refractivity contribution in [1.29, 1.82) is 0 Å². The van der Waals surface area contributed by atoms with Gasteiger partial charge in [-0.1, -0.05) is 11.6 Å². The standard InChI is InChI=1S/C11H15ClN2O3S/c1-14(8-4-5-17-7-8)18(15,16)9-2-3-11(13)10(12)6-9/h2-3,6,8H,4-5,7,13H2,1H3. The van der Waals surface area contributed by atoms with E-state index in [1.165, 1.54) is 22.5 Å². The summed E-state index contributed by atoms with van der Waals surface area (Å²) >= 11 is 5.85. The molecule has 7 heteroatoms. The van der Waals surface area contributed by atoms with Crippen molar-refractivity contribution in [3.63, 3.8) is 0 Å². The number of halogens is 1. The number of hydrogen-bond donors (Lipinski definition) is 1. The van der Waals surface area contributed by atoms with Crippen molar-refractivity contribution in [3.8, 4) is 0 Å². The van der Waals surface area contributed by atoms with E-state index >= 15 is 0 Å². The normalized spacial score (nSPS) is 20.5. The Kier molecular flexibility index (Phi) is 3.82. The molecule has 0 saturated carbocycles. The number of nitrogens with zero attached hydrogens (tertiary/aromatic N) is 1. The van der Waals surface area contributed by atoms with E-state index in [4.69, 9.17) is 22.1 Å². The van der Waals surface area contributed by atoms with Gasteiger partial charge in [-0.3, -0.25) is 0 Å². The third-order valence-corrected chi connectivity index (χ3v) is 5.30. The number of ether oxygens (including phenoxy) is 1. The summed E-state index contributed by atoms with van der Waals surface area (Å²) in [6, 6.07) is 4.21. The third kappa shape index (κ3) is 2.47. The van der Waals surface area contributed by atoms with Crippen LogP contribution in [-0.2, 0) is 14.8 Å². The summed E-state index contributed by atoms with van der Waals surface area (Å²) in [5, 5.41) is 0.243. The summed E-state index contributed by atoms with van der Waals surface area (Å²) in [7, 11) is -1.99. The molecule has 18 heavy (non-hydrogen) atoms. The topological polar surface area (TPSA) is 72.6 Å². The maximum atomic E-state index is 12.4. The van der Waals surface area contributed by atoms with Gasteiger partial charge in [-0.25, -0.2) is 8.42 Å². The molecular weight excluding hydrogens is 276 g/mol. The van der Waals surface area contributed by atoms with Crippen molar-refractivity contribution in [2.45, 2.75) is 17.4 Å². The first-order chi connectivity index (χ1) is 8.43. The molecule has 1 aromatic carbocycles. The lowest BCUT2D eigenvalue weighted by Gasteiger charge is -2.22. The van der Waals surface area contributed by atoms with Crippen LogP contribution in [0.3, 0.4) is 0 Å². The number of anilines is 1. The molecule has 2 N–H and O–H groups in total. The molecule has 100 valence electrons. The average molecular weight is 291 g/mol. The highest BCUT2D eigenvalue weighted by Crippen LogP contribution is 2.26. The Morgan fingerprint density at radius 1 is 1.50 bits per heavy atom. The van der Waals surface area contributed by atoms with Crippen molar-refractivity contribution in [3.05, 3.63) is 23.2 Å².